The second kappa shape index (κ2) is 7.47. The summed E-state index contributed by atoms with van der Waals surface area (Å²) >= 11 is 1.27. The third-order valence-corrected chi connectivity index (χ3v) is 4.48. The van der Waals surface area contributed by atoms with Crippen molar-refractivity contribution in [3.63, 3.8) is 0 Å². The quantitative estimate of drug-likeness (QED) is 0.376. The molecule has 0 saturated heterocycles. The molecule has 0 bridgehead atoms. The Labute approximate surface area is 148 Å². The largest absolute Gasteiger partial charge is 0.497 e. The maximum atomic E-state index is 11.8. The molecule has 0 aliphatic carbocycles. The Hall–Kier alpha value is -2.68. The van der Waals surface area contributed by atoms with Gasteiger partial charge < -0.3 is 9.47 Å². The van der Waals surface area contributed by atoms with Crippen LogP contribution in [0.1, 0.15) is 13.8 Å². The van der Waals surface area contributed by atoms with Gasteiger partial charge in [-0.1, -0.05) is 23.0 Å². The number of hydrogen-bond donors (Lipinski definition) is 0. The molecule has 2 heterocycles. The van der Waals surface area contributed by atoms with Crippen LogP contribution < -0.4 is 4.74 Å². The lowest BCUT2D eigenvalue weighted by Gasteiger charge is -2.09. The van der Waals surface area contributed by atoms with Crippen LogP contribution in [-0.2, 0) is 9.53 Å². The number of carbonyl (C=O) groups is 1. The lowest BCUT2D eigenvalue weighted by atomic mass is 10.3. The zero-order valence-electron chi connectivity index (χ0n) is 14.0. The SMILES string of the molecule is CCOC(=O)[C@@H](C)Sc1ncnc2c1nnn2-c1cccc(OC)c1. The fourth-order valence-electron chi connectivity index (χ4n) is 2.21. The second-order valence-corrected chi connectivity index (χ2v) is 6.40. The van der Waals surface area contributed by atoms with Crippen LogP contribution in [0, 0.1) is 0 Å². The van der Waals surface area contributed by atoms with Crippen LogP contribution in [0.15, 0.2) is 35.6 Å². The highest BCUT2D eigenvalue weighted by molar-refractivity contribution is 8.00. The first-order valence-electron chi connectivity index (χ1n) is 7.68. The zero-order chi connectivity index (χ0) is 17.8. The molecular formula is C16H17N5O3S. The Morgan fingerprint density at radius 1 is 1.36 bits per heavy atom. The molecule has 130 valence electrons. The molecule has 0 spiro atoms. The summed E-state index contributed by atoms with van der Waals surface area (Å²) in [5.74, 6) is 0.417. The van der Waals surface area contributed by atoms with Crippen LogP contribution in [0.25, 0.3) is 16.9 Å². The average molecular weight is 359 g/mol. The number of aromatic nitrogens is 5. The average Bonchev–Trinajstić information content (AvgIpc) is 3.07. The summed E-state index contributed by atoms with van der Waals surface area (Å²) in [6, 6.07) is 7.43. The highest BCUT2D eigenvalue weighted by Crippen LogP contribution is 2.28. The molecule has 0 saturated carbocycles. The maximum absolute atomic E-state index is 11.8. The predicted molar refractivity (Wildman–Crippen MR) is 93.0 cm³/mol. The van der Waals surface area contributed by atoms with Crippen molar-refractivity contribution in [3.8, 4) is 11.4 Å². The smallest absolute Gasteiger partial charge is 0.319 e. The Morgan fingerprint density at radius 3 is 2.96 bits per heavy atom. The van der Waals surface area contributed by atoms with Crippen molar-refractivity contribution in [1.82, 2.24) is 25.0 Å². The number of fused-ring (bicyclic) bond motifs is 1. The molecule has 0 unspecified atom stereocenters. The van der Waals surface area contributed by atoms with E-state index < -0.39 is 5.25 Å². The highest BCUT2D eigenvalue weighted by Gasteiger charge is 2.20. The maximum Gasteiger partial charge on any atom is 0.319 e. The molecule has 0 amide bonds. The van der Waals surface area contributed by atoms with Crippen molar-refractivity contribution in [2.45, 2.75) is 24.1 Å². The zero-order valence-corrected chi connectivity index (χ0v) is 14.9. The number of hydrogen-bond acceptors (Lipinski definition) is 8. The van der Waals surface area contributed by atoms with E-state index in [1.807, 2.05) is 24.3 Å². The number of benzene rings is 1. The van der Waals surface area contributed by atoms with Crippen LogP contribution >= 0.6 is 11.8 Å². The van der Waals surface area contributed by atoms with E-state index in [0.717, 1.165) is 5.69 Å². The van der Waals surface area contributed by atoms with E-state index in [4.69, 9.17) is 9.47 Å². The van der Waals surface area contributed by atoms with Gasteiger partial charge in [-0.3, -0.25) is 4.79 Å². The molecular weight excluding hydrogens is 342 g/mol. The summed E-state index contributed by atoms with van der Waals surface area (Å²) in [5, 5.41) is 8.53. The number of esters is 1. The van der Waals surface area contributed by atoms with Gasteiger partial charge in [0, 0.05) is 6.07 Å². The summed E-state index contributed by atoms with van der Waals surface area (Å²) in [7, 11) is 1.60. The molecule has 3 aromatic rings. The summed E-state index contributed by atoms with van der Waals surface area (Å²) in [6.07, 6.45) is 1.43. The third kappa shape index (κ3) is 3.55. The Morgan fingerprint density at radius 2 is 2.20 bits per heavy atom. The minimum absolute atomic E-state index is 0.292. The molecule has 25 heavy (non-hydrogen) atoms. The van der Waals surface area contributed by atoms with E-state index in [-0.39, 0.29) is 5.97 Å². The van der Waals surface area contributed by atoms with Gasteiger partial charge in [-0.05, 0) is 26.0 Å². The van der Waals surface area contributed by atoms with Crippen molar-refractivity contribution in [1.29, 1.82) is 0 Å². The summed E-state index contributed by atoms with van der Waals surface area (Å²) in [6.45, 7) is 3.88. The van der Waals surface area contributed by atoms with Gasteiger partial charge in [-0.2, -0.15) is 4.68 Å². The van der Waals surface area contributed by atoms with Crippen molar-refractivity contribution < 1.29 is 14.3 Å². The van der Waals surface area contributed by atoms with Crippen LogP contribution in [0.3, 0.4) is 0 Å². The molecule has 0 radical (unpaired) electrons. The molecule has 0 aliphatic rings. The number of nitrogens with zero attached hydrogens (tertiary/aromatic N) is 5. The Bertz CT molecular complexity index is 898. The summed E-state index contributed by atoms with van der Waals surface area (Å²) in [4.78, 5) is 20.4. The molecule has 9 heteroatoms. The summed E-state index contributed by atoms with van der Waals surface area (Å²) in [5.41, 5.74) is 1.86. The first-order chi connectivity index (χ1) is 12.1. The molecule has 0 fully saturated rings. The van der Waals surface area contributed by atoms with Gasteiger partial charge in [-0.15, -0.1) is 5.10 Å². The number of ether oxygens (including phenoxy) is 2. The topological polar surface area (TPSA) is 92.0 Å². The molecule has 1 atom stereocenters. The van der Waals surface area contributed by atoms with Crippen molar-refractivity contribution in [3.05, 3.63) is 30.6 Å². The number of methoxy groups -OCH3 is 1. The second-order valence-electron chi connectivity index (χ2n) is 5.07. The van der Waals surface area contributed by atoms with E-state index in [2.05, 4.69) is 20.3 Å². The number of rotatable bonds is 6. The lowest BCUT2D eigenvalue weighted by Crippen LogP contribution is -2.16. The molecule has 2 aromatic heterocycles. The normalized spacial score (nSPS) is 12.1. The molecule has 3 rings (SSSR count). The van der Waals surface area contributed by atoms with Crippen LogP contribution in [0.2, 0.25) is 0 Å². The Balaban J connectivity index is 1.96. The third-order valence-electron chi connectivity index (χ3n) is 3.41. The first-order valence-corrected chi connectivity index (χ1v) is 8.56. The van der Waals surface area contributed by atoms with E-state index in [1.54, 1.807) is 25.6 Å². The number of carbonyl (C=O) groups excluding carboxylic acids is 1. The monoisotopic (exact) mass is 359 g/mol. The van der Waals surface area contributed by atoms with Gasteiger partial charge in [0.2, 0.25) is 0 Å². The lowest BCUT2D eigenvalue weighted by molar-refractivity contribution is -0.142. The fourth-order valence-corrected chi connectivity index (χ4v) is 3.06. The number of thioether (sulfide) groups is 1. The highest BCUT2D eigenvalue weighted by atomic mass is 32.2. The van der Waals surface area contributed by atoms with Gasteiger partial charge in [0.15, 0.2) is 11.2 Å². The van der Waals surface area contributed by atoms with Crippen LogP contribution in [0.4, 0.5) is 0 Å². The van der Waals surface area contributed by atoms with E-state index in [9.17, 15) is 4.79 Å². The molecule has 0 N–H and O–H groups in total. The minimum atomic E-state index is -0.403. The van der Waals surface area contributed by atoms with Crippen molar-refractivity contribution in [2.24, 2.45) is 0 Å². The van der Waals surface area contributed by atoms with Gasteiger partial charge in [0.25, 0.3) is 0 Å². The van der Waals surface area contributed by atoms with E-state index >= 15 is 0 Å². The molecule has 0 aliphatic heterocycles. The van der Waals surface area contributed by atoms with Crippen LogP contribution in [0.5, 0.6) is 5.75 Å². The first kappa shape index (κ1) is 17.2. The summed E-state index contributed by atoms with van der Waals surface area (Å²) < 4.78 is 11.9. The van der Waals surface area contributed by atoms with Gasteiger partial charge in [0.05, 0.1) is 19.4 Å². The van der Waals surface area contributed by atoms with Gasteiger partial charge in [0.1, 0.15) is 22.4 Å². The van der Waals surface area contributed by atoms with Crippen LogP contribution in [-0.4, -0.2) is 49.9 Å². The molecule has 8 nitrogen and oxygen atoms in total. The fraction of sp³-hybridized carbons (Fsp3) is 0.312. The molecule has 1 aromatic carbocycles. The van der Waals surface area contributed by atoms with E-state index in [1.165, 1.54) is 18.1 Å². The van der Waals surface area contributed by atoms with Crippen molar-refractivity contribution >= 4 is 28.9 Å². The van der Waals surface area contributed by atoms with Gasteiger partial charge >= 0.3 is 5.97 Å². The standard InChI is InChI=1S/C16H17N5O3S/c1-4-24-16(22)10(2)25-15-13-14(17-9-18-15)21(20-19-13)11-6-5-7-12(8-11)23-3/h5-10H,4H2,1-3H3/t10-/m1/s1. The minimum Gasteiger partial charge on any atom is -0.497 e. The predicted octanol–water partition coefficient (Wildman–Crippen LogP) is 2.26. The van der Waals surface area contributed by atoms with Crippen molar-refractivity contribution in [2.75, 3.05) is 13.7 Å². The van der Waals surface area contributed by atoms with Gasteiger partial charge in [-0.25, -0.2) is 9.97 Å². The van der Waals surface area contributed by atoms with E-state index in [0.29, 0.717) is 28.5 Å². The Kier molecular flexibility index (Phi) is 5.13.